The summed E-state index contributed by atoms with van der Waals surface area (Å²) in [6.07, 6.45) is 2.79. The van der Waals surface area contributed by atoms with Crippen LogP contribution in [0.5, 0.6) is 0 Å². The zero-order chi connectivity index (χ0) is 14.1. The number of hydrogen-bond acceptors (Lipinski definition) is 3. The van der Waals surface area contributed by atoms with Crippen LogP contribution in [0.1, 0.15) is 26.2 Å². The second-order valence-electron chi connectivity index (χ2n) is 4.05. The first-order valence-corrected chi connectivity index (χ1v) is 5.82. The molecule has 104 valence electrons. The number of aliphatic carboxylic acids is 2. The maximum Gasteiger partial charge on any atom is 0.323 e. The lowest BCUT2D eigenvalue weighted by atomic mass is 10.2. The average molecular weight is 260 g/mol. The molecule has 0 unspecified atom stereocenters. The van der Waals surface area contributed by atoms with E-state index in [0.29, 0.717) is 6.54 Å². The van der Waals surface area contributed by atoms with Crippen molar-refractivity contribution in [2.45, 2.75) is 26.2 Å². The maximum atomic E-state index is 11.8. The normalized spacial score (nSPS) is 9.89. The molecule has 7 heteroatoms. The molecule has 0 aromatic carbocycles. The van der Waals surface area contributed by atoms with Crippen LogP contribution in [0.3, 0.4) is 0 Å². The molecular weight excluding hydrogens is 240 g/mol. The lowest BCUT2D eigenvalue weighted by Gasteiger charge is -2.25. The summed E-state index contributed by atoms with van der Waals surface area (Å²) in [4.78, 5) is 35.1. The highest BCUT2D eigenvalue weighted by molar-refractivity contribution is 5.84. The van der Waals surface area contributed by atoms with Crippen molar-refractivity contribution in [1.82, 2.24) is 9.80 Å². The molecule has 0 fully saturated rings. The van der Waals surface area contributed by atoms with Crippen LogP contribution in [-0.2, 0) is 9.59 Å². The van der Waals surface area contributed by atoms with E-state index in [1.807, 2.05) is 6.92 Å². The summed E-state index contributed by atoms with van der Waals surface area (Å²) in [6, 6.07) is -0.573. The van der Waals surface area contributed by atoms with Crippen LogP contribution in [0.2, 0.25) is 0 Å². The van der Waals surface area contributed by atoms with E-state index in [1.165, 1.54) is 11.9 Å². The molecule has 0 saturated heterocycles. The van der Waals surface area contributed by atoms with Gasteiger partial charge < -0.3 is 20.0 Å². The number of amides is 2. The number of unbranched alkanes of at least 4 members (excludes halogenated alkanes) is 2. The number of carbonyl (C=O) groups excluding carboxylic acids is 1. The van der Waals surface area contributed by atoms with Crippen LogP contribution in [-0.4, -0.2) is 64.7 Å². The number of carboxylic acids is 2. The van der Waals surface area contributed by atoms with Crippen molar-refractivity contribution in [3.63, 3.8) is 0 Å². The van der Waals surface area contributed by atoms with E-state index in [2.05, 4.69) is 0 Å². The van der Waals surface area contributed by atoms with Gasteiger partial charge in [0.2, 0.25) is 0 Å². The third-order valence-electron chi connectivity index (χ3n) is 2.35. The molecule has 0 aliphatic carbocycles. The highest BCUT2D eigenvalue weighted by atomic mass is 16.4. The molecule has 0 heterocycles. The van der Waals surface area contributed by atoms with Crippen molar-refractivity contribution in [3.05, 3.63) is 0 Å². The van der Waals surface area contributed by atoms with Gasteiger partial charge in [0, 0.05) is 13.6 Å². The van der Waals surface area contributed by atoms with E-state index in [9.17, 15) is 14.4 Å². The lowest BCUT2D eigenvalue weighted by molar-refractivity contribution is -0.140. The fourth-order valence-electron chi connectivity index (χ4n) is 1.45. The van der Waals surface area contributed by atoms with Crippen molar-refractivity contribution in [2.24, 2.45) is 0 Å². The van der Waals surface area contributed by atoms with E-state index in [1.54, 1.807) is 0 Å². The van der Waals surface area contributed by atoms with Gasteiger partial charge >= 0.3 is 18.0 Å². The van der Waals surface area contributed by atoms with E-state index in [4.69, 9.17) is 10.2 Å². The molecule has 0 radical (unpaired) electrons. The maximum absolute atomic E-state index is 11.8. The van der Waals surface area contributed by atoms with Crippen LogP contribution < -0.4 is 0 Å². The molecule has 0 spiro atoms. The first-order chi connectivity index (χ1) is 8.38. The van der Waals surface area contributed by atoms with Gasteiger partial charge in [0.1, 0.15) is 13.1 Å². The molecule has 0 atom stereocenters. The Morgan fingerprint density at radius 1 is 1.00 bits per heavy atom. The first-order valence-electron chi connectivity index (χ1n) is 5.82. The molecule has 0 aliphatic rings. The van der Waals surface area contributed by atoms with E-state index in [-0.39, 0.29) is 0 Å². The van der Waals surface area contributed by atoms with E-state index in [0.717, 1.165) is 24.2 Å². The lowest BCUT2D eigenvalue weighted by Crippen LogP contribution is -2.46. The molecule has 2 amide bonds. The number of nitrogens with zero attached hydrogens (tertiary/aromatic N) is 2. The number of rotatable bonds is 8. The van der Waals surface area contributed by atoms with E-state index < -0.39 is 31.1 Å². The Kier molecular flexibility index (Phi) is 7.50. The summed E-state index contributed by atoms with van der Waals surface area (Å²) < 4.78 is 0. The minimum absolute atomic E-state index is 0.489. The van der Waals surface area contributed by atoms with Crippen LogP contribution >= 0.6 is 0 Å². The summed E-state index contributed by atoms with van der Waals surface area (Å²) in [5.41, 5.74) is 0. The molecule has 0 saturated carbocycles. The van der Waals surface area contributed by atoms with Gasteiger partial charge in [0.25, 0.3) is 0 Å². The zero-order valence-electron chi connectivity index (χ0n) is 10.8. The molecule has 7 nitrogen and oxygen atoms in total. The minimum Gasteiger partial charge on any atom is -0.480 e. The fraction of sp³-hybridized carbons (Fsp3) is 0.727. The second-order valence-corrected chi connectivity index (χ2v) is 4.05. The predicted molar refractivity (Wildman–Crippen MR) is 64.4 cm³/mol. The standard InChI is InChI=1S/C11H20N2O5/c1-3-4-5-6-12(2)11(18)13(7-9(14)15)8-10(16)17/h3-8H2,1-2H3,(H,14,15)(H,16,17). The summed E-state index contributed by atoms with van der Waals surface area (Å²) in [5.74, 6) is -2.46. The number of carboxylic acid groups (broad SMARTS) is 2. The highest BCUT2D eigenvalue weighted by Gasteiger charge is 2.22. The van der Waals surface area contributed by atoms with Crippen LogP contribution in [0, 0.1) is 0 Å². The Hall–Kier alpha value is -1.79. The predicted octanol–water partition coefficient (Wildman–Crippen LogP) is 0.700. The van der Waals surface area contributed by atoms with Crippen molar-refractivity contribution < 1.29 is 24.6 Å². The summed E-state index contributed by atoms with van der Waals surface area (Å²) >= 11 is 0. The van der Waals surface area contributed by atoms with Crippen LogP contribution in [0.4, 0.5) is 4.79 Å². The Labute approximate surface area is 106 Å². The van der Waals surface area contributed by atoms with Gasteiger partial charge in [-0.05, 0) is 6.42 Å². The van der Waals surface area contributed by atoms with Gasteiger partial charge in [-0.1, -0.05) is 19.8 Å². The third-order valence-corrected chi connectivity index (χ3v) is 2.35. The molecular formula is C11H20N2O5. The van der Waals surface area contributed by atoms with Crippen LogP contribution in [0.15, 0.2) is 0 Å². The van der Waals surface area contributed by atoms with E-state index >= 15 is 0 Å². The monoisotopic (exact) mass is 260 g/mol. The molecule has 0 aromatic heterocycles. The van der Waals surface area contributed by atoms with Gasteiger partial charge in [-0.25, -0.2) is 4.79 Å². The highest BCUT2D eigenvalue weighted by Crippen LogP contribution is 2.01. The number of carbonyl (C=O) groups is 3. The Balaban J connectivity index is 4.42. The molecule has 0 aromatic rings. The van der Waals surface area contributed by atoms with Gasteiger partial charge in [-0.2, -0.15) is 0 Å². The van der Waals surface area contributed by atoms with Gasteiger partial charge in [-0.3, -0.25) is 9.59 Å². The second kappa shape index (κ2) is 8.32. The van der Waals surface area contributed by atoms with Crippen LogP contribution in [0.25, 0.3) is 0 Å². The molecule has 0 rings (SSSR count). The zero-order valence-corrected chi connectivity index (χ0v) is 10.8. The Morgan fingerprint density at radius 3 is 1.89 bits per heavy atom. The largest absolute Gasteiger partial charge is 0.480 e. The SMILES string of the molecule is CCCCCN(C)C(=O)N(CC(=O)O)CC(=O)O. The Bertz CT molecular complexity index is 290. The van der Waals surface area contributed by atoms with Crippen molar-refractivity contribution >= 4 is 18.0 Å². The van der Waals surface area contributed by atoms with Crippen molar-refractivity contribution in [1.29, 1.82) is 0 Å². The average Bonchev–Trinajstić information content (AvgIpc) is 2.26. The smallest absolute Gasteiger partial charge is 0.323 e. The molecule has 18 heavy (non-hydrogen) atoms. The topological polar surface area (TPSA) is 98.2 Å². The summed E-state index contributed by atoms with van der Waals surface area (Å²) in [5, 5.41) is 17.3. The Morgan fingerprint density at radius 2 is 1.50 bits per heavy atom. The summed E-state index contributed by atoms with van der Waals surface area (Å²) in [7, 11) is 1.54. The van der Waals surface area contributed by atoms with Gasteiger partial charge in [0.15, 0.2) is 0 Å². The number of hydrogen-bond donors (Lipinski definition) is 2. The molecule has 2 N–H and O–H groups in total. The van der Waals surface area contributed by atoms with Gasteiger partial charge in [0.05, 0.1) is 0 Å². The number of urea groups is 1. The quantitative estimate of drug-likeness (QED) is 0.626. The minimum atomic E-state index is -1.23. The van der Waals surface area contributed by atoms with Gasteiger partial charge in [-0.15, -0.1) is 0 Å². The van der Waals surface area contributed by atoms with Crippen molar-refractivity contribution in [2.75, 3.05) is 26.7 Å². The summed E-state index contributed by atoms with van der Waals surface area (Å²) in [6.45, 7) is 1.30. The molecule has 0 bridgehead atoms. The van der Waals surface area contributed by atoms with Crippen molar-refractivity contribution in [3.8, 4) is 0 Å². The molecule has 0 aliphatic heterocycles. The first kappa shape index (κ1) is 16.2. The fourth-order valence-corrected chi connectivity index (χ4v) is 1.45. The third kappa shape index (κ3) is 6.72.